The lowest BCUT2D eigenvalue weighted by Crippen LogP contribution is -2.66. The van der Waals surface area contributed by atoms with Crippen molar-refractivity contribution >= 4 is 27.0 Å². The topological polar surface area (TPSA) is 18.5 Å². The van der Waals surface area contributed by atoms with Crippen molar-refractivity contribution in [2.75, 3.05) is 13.2 Å². The van der Waals surface area contributed by atoms with Crippen molar-refractivity contribution in [3.63, 3.8) is 0 Å². The van der Waals surface area contributed by atoms with E-state index in [1.165, 1.54) is 32.7 Å². The van der Waals surface area contributed by atoms with Gasteiger partial charge in [0.25, 0.3) is 8.32 Å². The lowest BCUT2D eigenvalue weighted by atomic mass is 9.89. The van der Waals surface area contributed by atoms with Gasteiger partial charge in [0.1, 0.15) is 0 Å². The second-order valence-corrected chi connectivity index (χ2v) is 25.3. The molecule has 0 fully saturated rings. The van der Waals surface area contributed by atoms with Gasteiger partial charge in [-0.15, -0.1) is 0 Å². The third-order valence-electron chi connectivity index (χ3n) is 10.5. The monoisotopic (exact) mass is 656 g/mol. The molecule has 0 amide bonds. The first-order valence-corrected chi connectivity index (χ1v) is 22.4. The fraction of sp³-hybridized carbons (Fsp3) is 0.524. The molecular formula is C42H64O2Si2. The molecule has 46 heavy (non-hydrogen) atoms. The Hall–Kier alpha value is -2.25. The first-order chi connectivity index (χ1) is 21.6. The van der Waals surface area contributed by atoms with E-state index in [4.69, 9.17) is 15.4 Å². The van der Waals surface area contributed by atoms with Crippen molar-refractivity contribution < 1.29 is 8.85 Å². The third-order valence-corrected chi connectivity index (χ3v) is 19.9. The van der Waals surface area contributed by atoms with E-state index < -0.39 is 16.6 Å². The third kappa shape index (κ3) is 10.4. The average molecular weight is 657 g/mol. The zero-order chi connectivity index (χ0) is 34.0. The Morgan fingerprint density at radius 1 is 0.717 bits per heavy atom. The normalized spacial score (nSPS) is 20.5. The second-order valence-electron chi connectivity index (χ2n) is 16.2. The molecule has 0 aromatic heterocycles. The van der Waals surface area contributed by atoms with Crippen LogP contribution in [-0.2, 0) is 8.85 Å². The fourth-order valence-corrected chi connectivity index (χ4v) is 11.8. The fourth-order valence-electron chi connectivity index (χ4n) is 6.26. The zero-order valence-corrected chi connectivity index (χ0v) is 33.0. The summed E-state index contributed by atoms with van der Waals surface area (Å²) in [5, 5.41) is 2.78. The van der Waals surface area contributed by atoms with Gasteiger partial charge in [0.2, 0.25) is 0 Å². The van der Waals surface area contributed by atoms with E-state index in [0.29, 0.717) is 12.5 Å². The first-order valence-electron chi connectivity index (χ1n) is 17.6. The van der Waals surface area contributed by atoms with Crippen molar-refractivity contribution in [1.29, 1.82) is 0 Å². The highest BCUT2D eigenvalue weighted by Crippen LogP contribution is 2.39. The molecule has 0 unspecified atom stereocenters. The van der Waals surface area contributed by atoms with Crippen LogP contribution >= 0.6 is 0 Å². The molecule has 0 saturated heterocycles. The van der Waals surface area contributed by atoms with Gasteiger partial charge in [-0.2, -0.15) is 0 Å². The van der Waals surface area contributed by atoms with Crippen molar-refractivity contribution in [2.45, 2.75) is 124 Å². The molecular weight excluding hydrogens is 593 g/mol. The van der Waals surface area contributed by atoms with E-state index in [-0.39, 0.29) is 10.1 Å². The molecule has 0 bridgehead atoms. The van der Waals surface area contributed by atoms with Crippen LogP contribution in [-0.4, -0.2) is 29.8 Å². The van der Waals surface area contributed by atoms with E-state index in [1.54, 1.807) is 0 Å². The van der Waals surface area contributed by atoms with Gasteiger partial charge >= 0.3 is 0 Å². The number of rotatable bonds is 9. The van der Waals surface area contributed by atoms with Crippen LogP contribution in [0, 0.1) is 5.92 Å². The molecule has 252 valence electrons. The minimum Gasteiger partial charge on any atom is -0.413 e. The van der Waals surface area contributed by atoms with Crippen molar-refractivity contribution in [3.05, 3.63) is 108 Å². The Bertz CT molecular complexity index is 1300. The molecule has 3 rings (SSSR count). The molecule has 0 aliphatic heterocycles. The first kappa shape index (κ1) is 38.2. The molecule has 4 heteroatoms. The van der Waals surface area contributed by atoms with Crippen molar-refractivity contribution in [3.8, 4) is 0 Å². The van der Waals surface area contributed by atoms with Crippen LogP contribution in [0.2, 0.25) is 23.2 Å². The van der Waals surface area contributed by atoms with Crippen molar-refractivity contribution in [1.82, 2.24) is 0 Å². The second kappa shape index (κ2) is 16.7. The molecule has 0 N–H and O–H groups in total. The van der Waals surface area contributed by atoms with E-state index in [0.717, 1.165) is 51.6 Å². The number of benzene rings is 2. The van der Waals surface area contributed by atoms with Gasteiger partial charge in [-0.1, -0.05) is 138 Å². The summed E-state index contributed by atoms with van der Waals surface area (Å²) < 4.78 is 14.1. The molecule has 0 heterocycles. The van der Waals surface area contributed by atoms with Crippen LogP contribution < -0.4 is 10.4 Å². The molecule has 1 atom stereocenters. The molecule has 1 aliphatic carbocycles. The minimum absolute atomic E-state index is 0.0572. The summed E-state index contributed by atoms with van der Waals surface area (Å²) in [6, 6.07) is 21.9. The van der Waals surface area contributed by atoms with E-state index in [1.807, 2.05) is 0 Å². The molecule has 0 spiro atoms. The Morgan fingerprint density at radius 3 is 1.76 bits per heavy atom. The number of hydrogen-bond acceptors (Lipinski definition) is 2. The van der Waals surface area contributed by atoms with E-state index in [2.05, 4.69) is 147 Å². The lowest BCUT2D eigenvalue weighted by Gasteiger charge is -2.43. The highest BCUT2D eigenvalue weighted by atomic mass is 28.4. The zero-order valence-electron chi connectivity index (χ0n) is 31.0. The van der Waals surface area contributed by atoms with Gasteiger partial charge < -0.3 is 8.85 Å². The number of hydrogen-bond donors (Lipinski definition) is 0. The summed E-state index contributed by atoms with van der Waals surface area (Å²) in [5.41, 5.74) is 5.63. The maximum atomic E-state index is 7.36. The predicted molar refractivity (Wildman–Crippen MR) is 207 cm³/mol. The highest BCUT2D eigenvalue weighted by Gasteiger charge is 2.50. The van der Waals surface area contributed by atoms with Crippen LogP contribution in [0.15, 0.2) is 108 Å². The van der Waals surface area contributed by atoms with Gasteiger partial charge in [0.05, 0.1) is 13.2 Å². The van der Waals surface area contributed by atoms with Gasteiger partial charge in [-0.05, 0) is 109 Å². The summed E-state index contributed by atoms with van der Waals surface area (Å²) in [7, 11) is -4.49. The molecule has 2 aromatic carbocycles. The Labute approximate surface area is 285 Å². The molecule has 2 aromatic rings. The van der Waals surface area contributed by atoms with Crippen molar-refractivity contribution in [2.24, 2.45) is 5.92 Å². The predicted octanol–water partition coefficient (Wildman–Crippen LogP) is 11.3. The maximum absolute atomic E-state index is 7.36. The maximum Gasteiger partial charge on any atom is 0.261 e. The lowest BCUT2D eigenvalue weighted by molar-refractivity contribution is 0.309. The largest absolute Gasteiger partial charge is 0.413 e. The van der Waals surface area contributed by atoms with Crippen LogP contribution in [0.5, 0.6) is 0 Å². The smallest absolute Gasteiger partial charge is 0.261 e. The quantitative estimate of drug-likeness (QED) is 0.197. The molecule has 0 radical (unpaired) electrons. The van der Waals surface area contributed by atoms with Crippen LogP contribution in [0.25, 0.3) is 0 Å². The van der Waals surface area contributed by atoms with E-state index >= 15 is 0 Å². The Kier molecular flexibility index (Phi) is 13.9. The Balaban J connectivity index is 1.94. The summed E-state index contributed by atoms with van der Waals surface area (Å²) in [5.74, 6) is 0.352. The standard InChI is InChI=1S/C42H64O2Si2/c1-34-20-18-21-35(2)28-30-38(31-29-37(23-19-22-34)33-43-45(10,11)41(4,5)6)36(3)32-44-46(42(7,8)9,39-24-14-12-15-25-39)40-26-16-13-17-27-40/h12-17,21-22,24-27,29,38H,3,18-20,23,28,30-33H2,1-2,4-11H3/b34-22+,35-21+,37-29?/t38-/m0/s1. The van der Waals surface area contributed by atoms with Gasteiger partial charge in [-0.25, -0.2) is 0 Å². The summed E-state index contributed by atoms with van der Waals surface area (Å²) in [6.45, 7) is 29.4. The summed E-state index contributed by atoms with van der Waals surface area (Å²) >= 11 is 0. The highest BCUT2D eigenvalue weighted by molar-refractivity contribution is 6.99. The summed E-state index contributed by atoms with van der Waals surface area (Å²) in [6.07, 6.45) is 15.0. The van der Waals surface area contributed by atoms with Gasteiger partial charge in [0.15, 0.2) is 8.32 Å². The number of allylic oxidation sites excluding steroid dienone is 5. The molecule has 2 nitrogen and oxygen atoms in total. The summed E-state index contributed by atoms with van der Waals surface area (Å²) in [4.78, 5) is 0. The molecule has 0 saturated carbocycles. The molecule has 1 aliphatic rings. The van der Waals surface area contributed by atoms with Gasteiger partial charge in [0, 0.05) is 0 Å². The SMILES string of the molecule is C=C(CO[Si](c1ccccc1)(c1ccccc1)C(C)(C)C)[C@@H]1CC=C(CO[Si](C)(C)C(C)(C)C)CC/C=C(\C)CC/C=C(\C)CC1. The van der Waals surface area contributed by atoms with Crippen LogP contribution in [0.3, 0.4) is 0 Å². The van der Waals surface area contributed by atoms with Crippen LogP contribution in [0.1, 0.15) is 100 Å². The average Bonchev–Trinajstić information content (AvgIpc) is 2.99. The van der Waals surface area contributed by atoms with Gasteiger partial charge in [-0.3, -0.25) is 0 Å². The minimum atomic E-state index is -2.64. The van der Waals surface area contributed by atoms with E-state index in [9.17, 15) is 0 Å². The van der Waals surface area contributed by atoms with Crippen LogP contribution in [0.4, 0.5) is 0 Å². The Morgan fingerprint density at radius 2 is 1.24 bits per heavy atom.